The Bertz CT molecular complexity index is 885. The Kier molecular flexibility index (Phi) is 4.72. The van der Waals surface area contributed by atoms with E-state index in [-0.39, 0.29) is 6.03 Å². The van der Waals surface area contributed by atoms with Gasteiger partial charge in [-0.15, -0.1) is 0 Å². The van der Waals surface area contributed by atoms with E-state index in [4.69, 9.17) is 11.6 Å². The fourth-order valence-electron chi connectivity index (χ4n) is 2.06. The topological polar surface area (TPSA) is 91.8 Å². The van der Waals surface area contributed by atoms with Crippen LogP contribution in [-0.2, 0) is 0 Å². The number of fused-ring (bicyclic) bond motifs is 1. The number of pyridine rings is 1. The van der Waals surface area contributed by atoms with Gasteiger partial charge < -0.3 is 10.6 Å². The third-order valence-electron chi connectivity index (χ3n) is 3.08. The second-order valence-corrected chi connectivity index (χ2v) is 5.35. The number of rotatable bonds is 4. The van der Waals surface area contributed by atoms with Gasteiger partial charge in [0.25, 0.3) is 0 Å². The van der Waals surface area contributed by atoms with Crippen LogP contribution in [0.3, 0.4) is 0 Å². The van der Waals surface area contributed by atoms with Gasteiger partial charge in [0.15, 0.2) is 11.5 Å². The third-order valence-corrected chi connectivity index (χ3v) is 3.32. The average molecular weight is 343 g/mol. The smallest absolute Gasteiger partial charge is 0.320 e. The molecule has 0 fully saturated rings. The summed E-state index contributed by atoms with van der Waals surface area (Å²) >= 11 is 5.97. The largest absolute Gasteiger partial charge is 0.339 e. The van der Waals surface area contributed by atoms with Crippen molar-refractivity contribution in [2.75, 3.05) is 17.2 Å². The van der Waals surface area contributed by atoms with Crippen LogP contribution in [0.2, 0.25) is 5.02 Å². The van der Waals surface area contributed by atoms with E-state index in [1.807, 2.05) is 19.1 Å². The summed E-state index contributed by atoms with van der Waals surface area (Å²) in [5, 5.41) is 9.03. The first-order valence-corrected chi connectivity index (χ1v) is 7.73. The van der Waals surface area contributed by atoms with Gasteiger partial charge in [0.1, 0.15) is 11.3 Å². The lowest BCUT2D eigenvalue weighted by molar-refractivity contribution is 0.252. The zero-order valence-corrected chi connectivity index (χ0v) is 13.6. The first-order valence-electron chi connectivity index (χ1n) is 7.35. The molecule has 0 aliphatic rings. The molecule has 8 heteroatoms. The van der Waals surface area contributed by atoms with Crippen LogP contribution in [0.4, 0.5) is 22.1 Å². The summed E-state index contributed by atoms with van der Waals surface area (Å²) in [6, 6.07) is 10.4. The second-order valence-electron chi connectivity index (χ2n) is 4.91. The van der Waals surface area contributed by atoms with E-state index < -0.39 is 0 Å². The first-order chi connectivity index (χ1) is 11.6. The number of nitrogens with zero attached hydrogens (tertiary/aromatic N) is 3. The van der Waals surface area contributed by atoms with Crippen LogP contribution in [0.5, 0.6) is 0 Å². The molecule has 0 aliphatic carbocycles. The van der Waals surface area contributed by atoms with Crippen molar-refractivity contribution >= 4 is 46.1 Å². The van der Waals surface area contributed by atoms with Crippen LogP contribution < -0.4 is 16.0 Å². The molecular weight excluding hydrogens is 328 g/mol. The van der Waals surface area contributed by atoms with Crippen LogP contribution in [0, 0.1) is 0 Å². The van der Waals surface area contributed by atoms with E-state index in [0.717, 1.165) is 5.69 Å². The number of anilines is 3. The van der Waals surface area contributed by atoms with E-state index in [1.54, 1.807) is 30.5 Å². The maximum Gasteiger partial charge on any atom is 0.320 e. The Balaban J connectivity index is 1.84. The van der Waals surface area contributed by atoms with Gasteiger partial charge >= 0.3 is 6.03 Å². The summed E-state index contributed by atoms with van der Waals surface area (Å²) in [4.78, 5) is 24.6. The van der Waals surface area contributed by atoms with Crippen molar-refractivity contribution in [1.29, 1.82) is 0 Å². The number of benzene rings is 1. The van der Waals surface area contributed by atoms with Crippen molar-refractivity contribution < 1.29 is 4.79 Å². The molecule has 24 heavy (non-hydrogen) atoms. The van der Waals surface area contributed by atoms with Gasteiger partial charge in [-0.05, 0) is 37.3 Å². The Morgan fingerprint density at radius 3 is 2.79 bits per heavy atom. The number of nitrogens with one attached hydrogen (secondary N) is 3. The lowest BCUT2D eigenvalue weighted by Gasteiger charge is -2.08. The van der Waals surface area contributed by atoms with Gasteiger partial charge in [-0.1, -0.05) is 17.7 Å². The molecule has 1 aromatic carbocycles. The van der Waals surface area contributed by atoms with E-state index in [0.29, 0.717) is 34.4 Å². The number of hydrogen-bond acceptors (Lipinski definition) is 5. The van der Waals surface area contributed by atoms with Gasteiger partial charge in [-0.2, -0.15) is 0 Å². The fraction of sp³-hybridized carbons (Fsp3) is 0.125. The Hall–Kier alpha value is -2.93. The zero-order valence-electron chi connectivity index (χ0n) is 12.9. The quantitative estimate of drug-likeness (QED) is 0.674. The summed E-state index contributed by atoms with van der Waals surface area (Å²) in [7, 11) is 0. The van der Waals surface area contributed by atoms with Gasteiger partial charge in [-0.3, -0.25) is 5.32 Å². The SMILES string of the molecule is CCNC(=O)Nc1ccc2ncc(Nc3cccc(Cl)c3)nc2n1. The predicted octanol–water partition coefficient (Wildman–Crippen LogP) is 3.56. The molecule has 3 rings (SSSR count). The number of halogens is 1. The van der Waals surface area contributed by atoms with Gasteiger partial charge in [0.2, 0.25) is 0 Å². The van der Waals surface area contributed by atoms with E-state index >= 15 is 0 Å². The van der Waals surface area contributed by atoms with E-state index in [9.17, 15) is 4.79 Å². The Morgan fingerprint density at radius 1 is 1.17 bits per heavy atom. The minimum absolute atomic E-state index is 0.314. The maximum absolute atomic E-state index is 11.6. The van der Waals surface area contributed by atoms with E-state index in [1.165, 1.54) is 0 Å². The van der Waals surface area contributed by atoms with Gasteiger partial charge in [-0.25, -0.2) is 19.7 Å². The fourth-order valence-corrected chi connectivity index (χ4v) is 2.25. The van der Waals surface area contributed by atoms with Crippen LogP contribution in [0.25, 0.3) is 11.2 Å². The van der Waals surface area contributed by atoms with E-state index in [2.05, 4.69) is 30.9 Å². The number of amides is 2. The highest BCUT2D eigenvalue weighted by Crippen LogP contribution is 2.20. The predicted molar refractivity (Wildman–Crippen MR) is 94.8 cm³/mol. The lowest BCUT2D eigenvalue weighted by atomic mass is 10.3. The highest BCUT2D eigenvalue weighted by molar-refractivity contribution is 6.30. The van der Waals surface area contributed by atoms with Crippen molar-refractivity contribution in [2.24, 2.45) is 0 Å². The molecule has 0 saturated heterocycles. The number of urea groups is 1. The molecule has 0 bridgehead atoms. The zero-order chi connectivity index (χ0) is 16.9. The molecule has 0 aliphatic heterocycles. The maximum atomic E-state index is 11.6. The summed E-state index contributed by atoms with van der Waals surface area (Å²) < 4.78 is 0. The van der Waals surface area contributed by atoms with Crippen molar-refractivity contribution in [3.63, 3.8) is 0 Å². The number of aromatic nitrogens is 3. The molecule has 3 aromatic rings. The van der Waals surface area contributed by atoms with Crippen LogP contribution in [-0.4, -0.2) is 27.5 Å². The molecule has 0 atom stereocenters. The molecule has 2 aromatic heterocycles. The summed E-state index contributed by atoms with van der Waals surface area (Å²) in [6.45, 7) is 2.37. The monoisotopic (exact) mass is 342 g/mol. The molecule has 7 nitrogen and oxygen atoms in total. The molecule has 0 radical (unpaired) electrons. The van der Waals surface area contributed by atoms with Crippen LogP contribution in [0.15, 0.2) is 42.6 Å². The molecule has 3 N–H and O–H groups in total. The Morgan fingerprint density at radius 2 is 2.00 bits per heavy atom. The summed E-state index contributed by atoms with van der Waals surface area (Å²) in [6.07, 6.45) is 1.61. The average Bonchev–Trinajstić information content (AvgIpc) is 2.55. The molecule has 0 unspecified atom stereocenters. The standard InChI is InChI=1S/C16H15ClN6O/c1-2-18-16(24)23-13-7-6-12-15(21-13)22-14(9-19-12)20-11-5-3-4-10(17)8-11/h3-9H,2H2,1H3,(H3,18,20,21,22,23,24). The molecule has 2 heterocycles. The van der Waals surface area contributed by atoms with Crippen LogP contribution in [0.1, 0.15) is 6.92 Å². The molecular formula is C16H15ClN6O. The highest BCUT2D eigenvalue weighted by Gasteiger charge is 2.06. The molecule has 122 valence electrons. The number of hydrogen-bond donors (Lipinski definition) is 3. The lowest BCUT2D eigenvalue weighted by Crippen LogP contribution is -2.28. The third kappa shape index (κ3) is 3.88. The van der Waals surface area contributed by atoms with Gasteiger partial charge in [0, 0.05) is 17.3 Å². The summed E-state index contributed by atoms with van der Waals surface area (Å²) in [5.74, 6) is 0.940. The summed E-state index contributed by atoms with van der Waals surface area (Å²) in [5.41, 5.74) is 1.86. The minimum Gasteiger partial charge on any atom is -0.339 e. The van der Waals surface area contributed by atoms with Crippen molar-refractivity contribution in [3.05, 3.63) is 47.6 Å². The van der Waals surface area contributed by atoms with Gasteiger partial charge in [0.05, 0.1) is 6.20 Å². The van der Waals surface area contributed by atoms with Crippen molar-refractivity contribution in [2.45, 2.75) is 6.92 Å². The Labute approximate surface area is 143 Å². The highest BCUT2D eigenvalue weighted by atomic mass is 35.5. The normalized spacial score (nSPS) is 10.4. The molecule has 0 spiro atoms. The molecule has 0 saturated carbocycles. The number of carbonyl (C=O) groups is 1. The van der Waals surface area contributed by atoms with Crippen LogP contribution >= 0.6 is 11.6 Å². The number of carbonyl (C=O) groups excluding carboxylic acids is 1. The minimum atomic E-state index is -0.314. The first kappa shape index (κ1) is 15.9. The second kappa shape index (κ2) is 7.10. The molecule has 2 amide bonds. The van der Waals surface area contributed by atoms with Crippen molar-refractivity contribution in [3.8, 4) is 0 Å². The van der Waals surface area contributed by atoms with Crippen molar-refractivity contribution in [1.82, 2.24) is 20.3 Å².